The Morgan fingerprint density at radius 1 is 0.900 bits per heavy atom. The largest absolute Gasteiger partial charge is 0.292 e. The van der Waals surface area contributed by atoms with Gasteiger partial charge in [0, 0.05) is 29.0 Å². The monoisotopic (exact) mass is 466 g/mol. The van der Waals surface area contributed by atoms with Crippen molar-refractivity contribution >= 4 is 58.3 Å². The summed E-state index contributed by atoms with van der Waals surface area (Å²) < 4.78 is 0. The van der Waals surface area contributed by atoms with Gasteiger partial charge < -0.3 is 0 Å². The number of amides is 3. The maximum absolute atomic E-state index is 13.3. The van der Waals surface area contributed by atoms with Gasteiger partial charge in [-0.2, -0.15) is 5.01 Å². The van der Waals surface area contributed by atoms with E-state index in [0.29, 0.717) is 11.4 Å². The van der Waals surface area contributed by atoms with Crippen LogP contribution in [-0.4, -0.2) is 39.6 Å². The molecule has 2 aromatic rings. The first kappa shape index (κ1) is 22.3. The highest BCUT2D eigenvalue weighted by Gasteiger charge is 2.40. The van der Waals surface area contributed by atoms with Gasteiger partial charge in [-0.1, -0.05) is 34.8 Å². The van der Waals surface area contributed by atoms with Gasteiger partial charge in [-0.3, -0.25) is 19.2 Å². The smallest absolute Gasteiger partial charge is 0.273 e. The van der Waals surface area contributed by atoms with Crippen molar-refractivity contribution < 1.29 is 19.2 Å². The topological polar surface area (TPSA) is 74.8 Å². The van der Waals surface area contributed by atoms with E-state index < -0.39 is 29.5 Å². The van der Waals surface area contributed by atoms with Gasteiger partial charge in [0.05, 0.1) is 10.0 Å². The van der Waals surface area contributed by atoms with Crippen LogP contribution in [0.15, 0.2) is 42.5 Å². The predicted octanol–water partition coefficient (Wildman–Crippen LogP) is 4.81. The Morgan fingerprint density at radius 3 is 2.03 bits per heavy atom. The van der Waals surface area contributed by atoms with Crippen LogP contribution < -0.4 is 0 Å². The number of ketones is 1. The highest BCUT2D eigenvalue weighted by molar-refractivity contribution is 6.42. The highest BCUT2D eigenvalue weighted by atomic mass is 35.5. The maximum atomic E-state index is 13.3. The molecule has 2 aromatic carbocycles. The zero-order valence-electron chi connectivity index (χ0n) is 15.9. The van der Waals surface area contributed by atoms with Crippen molar-refractivity contribution in [3.8, 4) is 0 Å². The second kappa shape index (κ2) is 9.16. The molecule has 6 nitrogen and oxygen atoms in total. The summed E-state index contributed by atoms with van der Waals surface area (Å²) in [7, 11) is 0. The van der Waals surface area contributed by atoms with Gasteiger partial charge in [0.25, 0.3) is 5.91 Å². The third-order valence-electron chi connectivity index (χ3n) is 4.72. The normalized spacial score (nSPS) is 15.1. The predicted molar refractivity (Wildman–Crippen MR) is 114 cm³/mol. The number of piperidine rings is 1. The molecule has 1 heterocycles. The number of carbonyl (C=O) groups excluding carboxylic acids is 4. The molecule has 0 aliphatic carbocycles. The number of imide groups is 1. The first-order valence-corrected chi connectivity index (χ1v) is 10.3. The Bertz CT molecular complexity index is 1010. The second-order valence-corrected chi connectivity index (χ2v) is 8.03. The van der Waals surface area contributed by atoms with Crippen molar-refractivity contribution in [2.75, 3.05) is 0 Å². The standard InChI is InChI=1S/C21H17Cl3N2O4/c1-12(20(29)13-5-8-15(22)9-6-13)25(26-18(27)3-2-4-19(26)28)21(30)14-7-10-16(23)17(24)11-14/h5-12H,2-4H2,1H3/t12-/m0/s1. The van der Waals surface area contributed by atoms with E-state index in [1.54, 1.807) is 12.1 Å². The Kier molecular flexibility index (Phi) is 6.81. The van der Waals surface area contributed by atoms with Crippen molar-refractivity contribution in [1.29, 1.82) is 0 Å². The molecule has 0 radical (unpaired) electrons. The average molecular weight is 468 g/mol. The van der Waals surface area contributed by atoms with E-state index in [9.17, 15) is 19.2 Å². The number of rotatable bonds is 5. The zero-order valence-corrected chi connectivity index (χ0v) is 18.2. The summed E-state index contributed by atoms with van der Waals surface area (Å²) in [5.41, 5.74) is 0.377. The van der Waals surface area contributed by atoms with E-state index >= 15 is 0 Å². The third-order valence-corrected chi connectivity index (χ3v) is 5.71. The van der Waals surface area contributed by atoms with Gasteiger partial charge in [-0.15, -0.1) is 0 Å². The minimum absolute atomic E-state index is 0.0892. The van der Waals surface area contributed by atoms with Crippen LogP contribution in [0.25, 0.3) is 0 Å². The Hall–Kier alpha value is -2.41. The van der Waals surface area contributed by atoms with Crippen molar-refractivity contribution in [3.63, 3.8) is 0 Å². The van der Waals surface area contributed by atoms with Crippen molar-refractivity contribution in [1.82, 2.24) is 10.0 Å². The van der Waals surface area contributed by atoms with E-state index in [2.05, 4.69) is 0 Å². The molecular weight excluding hydrogens is 451 g/mol. The van der Waals surface area contributed by atoms with Gasteiger partial charge >= 0.3 is 0 Å². The van der Waals surface area contributed by atoms with Crippen LogP contribution in [0.5, 0.6) is 0 Å². The molecule has 1 aliphatic rings. The van der Waals surface area contributed by atoms with Crippen LogP contribution in [0.4, 0.5) is 0 Å². The Balaban J connectivity index is 2.04. The minimum atomic E-state index is -1.14. The van der Waals surface area contributed by atoms with Crippen LogP contribution in [0.3, 0.4) is 0 Å². The van der Waals surface area contributed by atoms with Crippen LogP contribution in [0.1, 0.15) is 46.9 Å². The molecular formula is C21H17Cl3N2O4. The fourth-order valence-electron chi connectivity index (χ4n) is 3.15. The van der Waals surface area contributed by atoms with E-state index in [1.165, 1.54) is 37.3 Å². The van der Waals surface area contributed by atoms with Crippen LogP contribution >= 0.6 is 34.8 Å². The lowest BCUT2D eigenvalue weighted by atomic mass is 10.0. The molecule has 0 aromatic heterocycles. The summed E-state index contributed by atoms with van der Waals surface area (Å²) in [5.74, 6) is -2.26. The number of carbonyl (C=O) groups is 4. The molecule has 0 unspecified atom stereocenters. The minimum Gasteiger partial charge on any atom is -0.292 e. The van der Waals surface area contributed by atoms with Crippen molar-refractivity contribution in [2.45, 2.75) is 32.2 Å². The van der Waals surface area contributed by atoms with Crippen LogP contribution in [0, 0.1) is 0 Å². The SMILES string of the molecule is C[C@@H](C(=O)c1ccc(Cl)cc1)N(C(=O)c1ccc(Cl)c(Cl)c1)N1C(=O)CCCC1=O. The Morgan fingerprint density at radius 2 is 1.47 bits per heavy atom. The zero-order chi connectivity index (χ0) is 22.0. The highest BCUT2D eigenvalue weighted by Crippen LogP contribution is 2.26. The number of nitrogens with zero attached hydrogens (tertiary/aromatic N) is 2. The lowest BCUT2D eigenvalue weighted by Gasteiger charge is -2.38. The number of hydrogen-bond acceptors (Lipinski definition) is 4. The molecule has 1 fully saturated rings. The van der Waals surface area contributed by atoms with Crippen molar-refractivity contribution in [2.24, 2.45) is 0 Å². The molecule has 0 saturated carbocycles. The summed E-state index contributed by atoms with van der Waals surface area (Å²) >= 11 is 17.8. The van der Waals surface area contributed by atoms with Crippen LogP contribution in [-0.2, 0) is 9.59 Å². The molecule has 1 saturated heterocycles. The second-order valence-electron chi connectivity index (χ2n) is 6.78. The van der Waals surface area contributed by atoms with Gasteiger partial charge in [-0.05, 0) is 55.8 Å². The first-order valence-electron chi connectivity index (χ1n) is 9.14. The summed E-state index contributed by atoms with van der Waals surface area (Å²) in [6.07, 6.45) is 0.583. The number of hydrogen-bond donors (Lipinski definition) is 0. The molecule has 1 atom stereocenters. The quantitative estimate of drug-likeness (QED) is 0.467. The van der Waals surface area contributed by atoms with E-state index in [0.717, 1.165) is 10.0 Å². The first-order chi connectivity index (χ1) is 14.2. The van der Waals surface area contributed by atoms with E-state index in [-0.39, 0.29) is 34.0 Å². The van der Waals surface area contributed by atoms with Gasteiger partial charge in [0.15, 0.2) is 5.78 Å². The number of hydrazine groups is 1. The number of halogens is 3. The summed E-state index contributed by atoms with van der Waals surface area (Å²) in [4.78, 5) is 51.5. The molecule has 9 heteroatoms. The molecule has 0 N–H and O–H groups in total. The molecule has 0 spiro atoms. The van der Waals surface area contributed by atoms with Crippen LogP contribution in [0.2, 0.25) is 15.1 Å². The Labute approximate surface area is 188 Å². The molecule has 156 valence electrons. The lowest BCUT2D eigenvalue weighted by molar-refractivity contribution is -0.165. The van der Waals surface area contributed by atoms with Gasteiger partial charge in [-0.25, -0.2) is 5.01 Å². The summed E-state index contributed by atoms with van der Waals surface area (Å²) in [6, 6.07) is 9.17. The molecule has 30 heavy (non-hydrogen) atoms. The average Bonchev–Trinajstić information content (AvgIpc) is 2.72. The van der Waals surface area contributed by atoms with Gasteiger partial charge in [0.2, 0.25) is 11.8 Å². The van der Waals surface area contributed by atoms with Crippen molar-refractivity contribution in [3.05, 3.63) is 68.7 Å². The van der Waals surface area contributed by atoms with Gasteiger partial charge in [0.1, 0.15) is 6.04 Å². The number of benzene rings is 2. The molecule has 1 aliphatic heterocycles. The van der Waals surface area contributed by atoms with E-state index in [1.807, 2.05) is 0 Å². The molecule has 3 rings (SSSR count). The maximum Gasteiger partial charge on any atom is 0.273 e. The molecule has 0 bridgehead atoms. The molecule has 3 amide bonds. The lowest BCUT2D eigenvalue weighted by Crippen LogP contribution is -2.59. The third kappa shape index (κ3) is 4.51. The fourth-order valence-corrected chi connectivity index (χ4v) is 3.57. The van der Waals surface area contributed by atoms with E-state index in [4.69, 9.17) is 34.8 Å². The number of Topliss-reactive ketones (excluding diaryl/α,β-unsaturated/α-hetero) is 1. The summed E-state index contributed by atoms with van der Waals surface area (Å²) in [5, 5.41) is 2.50. The fraction of sp³-hybridized carbons (Fsp3) is 0.238. The summed E-state index contributed by atoms with van der Waals surface area (Å²) in [6.45, 7) is 1.46.